The van der Waals surface area contributed by atoms with Gasteiger partial charge in [-0.3, -0.25) is 14.0 Å². The van der Waals surface area contributed by atoms with Crippen molar-refractivity contribution in [3.63, 3.8) is 0 Å². The Labute approximate surface area is 162 Å². The lowest BCUT2D eigenvalue weighted by Gasteiger charge is -2.25. The lowest BCUT2D eigenvalue weighted by Crippen LogP contribution is -2.36. The zero-order valence-corrected chi connectivity index (χ0v) is 15.7. The number of piperidine rings is 1. The second-order valence-electron chi connectivity index (χ2n) is 6.78. The van der Waals surface area contributed by atoms with Gasteiger partial charge >= 0.3 is 0 Å². The van der Waals surface area contributed by atoms with Crippen LogP contribution in [-0.2, 0) is 0 Å². The maximum absolute atomic E-state index is 13.0. The number of anilines is 1. The fraction of sp³-hybridized carbons (Fsp3) is 0.286. The number of hydrogen-bond donors (Lipinski definition) is 1. The fourth-order valence-corrected chi connectivity index (χ4v) is 3.49. The number of nitrogens with zero attached hydrogens (tertiary/aromatic N) is 3. The molecule has 1 aliphatic heterocycles. The molecule has 1 aliphatic rings. The average Bonchev–Trinajstić information content (AvgIpc) is 3.14. The number of rotatable bonds is 4. The Morgan fingerprint density at radius 3 is 2.68 bits per heavy atom. The third-order valence-electron chi connectivity index (χ3n) is 4.92. The number of nitrogens with one attached hydrogen (secondary N) is 1. The van der Waals surface area contributed by atoms with Crippen LogP contribution >= 0.6 is 0 Å². The van der Waals surface area contributed by atoms with Crippen molar-refractivity contribution in [1.82, 2.24) is 14.3 Å². The molecule has 0 unspecified atom stereocenters. The first kappa shape index (κ1) is 18.0. The molecule has 1 aromatic carbocycles. The summed E-state index contributed by atoms with van der Waals surface area (Å²) in [7, 11) is 1.57. The maximum Gasteiger partial charge on any atom is 0.292 e. The summed E-state index contributed by atoms with van der Waals surface area (Å²) in [5.41, 5.74) is 1.55. The molecule has 1 saturated heterocycles. The smallest absolute Gasteiger partial charge is 0.292 e. The second kappa shape index (κ2) is 7.72. The molecule has 28 heavy (non-hydrogen) atoms. The van der Waals surface area contributed by atoms with Gasteiger partial charge in [-0.1, -0.05) is 12.1 Å². The summed E-state index contributed by atoms with van der Waals surface area (Å²) < 4.78 is 6.85. The molecule has 0 spiro atoms. The van der Waals surface area contributed by atoms with Gasteiger partial charge in [0.2, 0.25) is 5.82 Å². The lowest BCUT2D eigenvalue weighted by molar-refractivity contribution is 0.0721. The third-order valence-corrected chi connectivity index (χ3v) is 4.92. The molecular formula is C21H22N4O3. The number of hydrogen-bond acceptors (Lipinski definition) is 4. The van der Waals surface area contributed by atoms with Gasteiger partial charge in [-0.15, -0.1) is 0 Å². The van der Waals surface area contributed by atoms with Crippen LogP contribution in [0.5, 0.6) is 5.75 Å². The molecule has 0 atom stereocenters. The lowest BCUT2D eigenvalue weighted by atomic mass is 10.1. The zero-order chi connectivity index (χ0) is 19.5. The van der Waals surface area contributed by atoms with Crippen LogP contribution in [0.1, 0.15) is 40.4 Å². The van der Waals surface area contributed by atoms with Crippen LogP contribution in [0.15, 0.2) is 48.7 Å². The number of pyridine rings is 1. The van der Waals surface area contributed by atoms with Crippen molar-refractivity contribution < 1.29 is 14.3 Å². The van der Waals surface area contributed by atoms with Crippen molar-refractivity contribution >= 4 is 23.0 Å². The van der Waals surface area contributed by atoms with Crippen LogP contribution in [-0.4, -0.2) is 46.3 Å². The van der Waals surface area contributed by atoms with E-state index in [9.17, 15) is 9.59 Å². The number of methoxy groups -OCH3 is 1. The van der Waals surface area contributed by atoms with Gasteiger partial charge < -0.3 is 15.0 Å². The highest BCUT2D eigenvalue weighted by Gasteiger charge is 2.26. The first-order valence-corrected chi connectivity index (χ1v) is 9.39. The average molecular weight is 378 g/mol. The van der Waals surface area contributed by atoms with Crippen molar-refractivity contribution in [3.05, 3.63) is 60.2 Å². The Kier molecular flexibility index (Phi) is 4.97. The Hall–Kier alpha value is -3.35. The molecule has 1 N–H and O–H groups in total. The Bertz CT molecular complexity index is 1020. The molecule has 3 aromatic rings. The summed E-state index contributed by atoms with van der Waals surface area (Å²) in [5.74, 6) is 0.321. The minimum atomic E-state index is -0.382. The summed E-state index contributed by atoms with van der Waals surface area (Å²) in [5, 5.41) is 2.83. The summed E-state index contributed by atoms with van der Waals surface area (Å²) in [6, 6.07) is 12.6. The van der Waals surface area contributed by atoms with E-state index in [0.717, 1.165) is 32.4 Å². The van der Waals surface area contributed by atoms with E-state index >= 15 is 0 Å². The number of imidazole rings is 1. The van der Waals surface area contributed by atoms with Gasteiger partial charge in [0.1, 0.15) is 5.75 Å². The van der Waals surface area contributed by atoms with Gasteiger partial charge in [0.15, 0.2) is 5.69 Å². The topological polar surface area (TPSA) is 75.9 Å². The van der Waals surface area contributed by atoms with Gasteiger partial charge in [0.25, 0.3) is 11.8 Å². The molecule has 4 rings (SSSR count). The minimum absolute atomic E-state index is 0.121. The number of aromatic nitrogens is 2. The molecule has 3 heterocycles. The van der Waals surface area contributed by atoms with Crippen molar-refractivity contribution in [2.45, 2.75) is 19.3 Å². The van der Waals surface area contributed by atoms with Crippen molar-refractivity contribution in [2.24, 2.45) is 0 Å². The second-order valence-corrected chi connectivity index (χ2v) is 6.78. The molecule has 7 nitrogen and oxygen atoms in total. The number of amides is 2. The molecule has 0 radical (unpaired) electrons. The molecule has 0 aliphatic carbocycles. The van der Waals surface area contributed by atoms with Gasteiger partial charge in [0, 0.05) is 31.0 Å². The highest BCUT2D eigenvalue weighted by molar-refractivity contribution is 6.06. The van der Waals surface area contributed by atoms with Crippen molar-refractivity contribution in [2.75, 3.05) is 25.5 Å². The minimum Gasteiger partial charge on any atom is -0.497 e. The number of ether oxygens (including phenoxy) is 1. The predicted molar refractivity (Wildman–Crippen MR) is 106 cm³/mol. The number of carbonyl (C=O) groups is 2. The molecule has 0 saturated carbocycles. The van der Waals surface area contributed by atoms with Gasteiger partial charge in [-0.2, -0.15) is 0 Å². The summed E-state index contributed by atoms with van der Waals surface area (Å²) >= 11 is 0. The molecule has 1 fully saturated rings. The van der Waals surface area contributed by atoms with Crippen molar-refractivity contribution in [1.29, 1.82) is 0 Å². The quantitative estimate of drug-likeness (QED) is 0.756. The Morgan fingerprint density at radius 2 is 1.89 bits per heavy atom. The van der Waals surface area contributed by atoms with E-state index in [1.165, 1.54) is 0 Å². The third kappa shape index (κ3) is 3.43. The monoisotopic (exact) mass is 378 g/mol. The molecule has 2 amide bonds. The first-order valence-electron chi connectivity index (χ1n) is 9.39. The number of benzene rings is 1. The van der Waals surface area contributed by atoms with E-state index in [2.05, 4.69) is 10.3 Å². The predicted octanol–water partition coefficient (Wildman–Crippen LogP) is 3.22. The number of fused-ring (bicyclic) bond motifs is 1. The van der Waals surface area contributed by atoms with Gasteiger partial charge in [-0.25, -0.2) is 4.98 Å². The maximum atomic E-state index is 13.0. The first-order chi connectivity index (χ1) is 13.7. The van der Waals surface area contributed by atoms with Gasteiger partial charge in [0.05, 0.1) is 12.6 Å². The molecule has 7 heteroatoms. The van der Waals surface area contributed by atoms with E-state index < -0.39 is 0 Å². The largest absolute Gasteiger partial charge is 0.497 e. The van der Waals surface area contributed by atoms with E-state index in [1.54, 1.807) is 42.0 Å². The van der Waals surface area contributed by atoms with Crippen LogP contribution in [0.4, 0.5) is 5.69 Å². The number of likely N-dealkylation sites (tertiary alicyclic amines) is 1. The van der Waals surface area contributed by atoms with E-state index in [1.807, 2.05) is 23.1 Å². The van der Waals surface area contributed by atoms with E-state index in [-0.39, 0.29) is 17.6 Å². The van der Waals surface area contributed by atoms with Crippen LogP contribution in [0.3, 0.4) is 0 Å². The normalized spacial score (nSPS) is 14.1. The fourth-order valence-electron chi connectivity index (χ4n) is 3.49. The summed E-state index contributed by atoms with van der Waals surface area (Å²) in [6.45, 7) is 1.46. The van der Waals surface area contributed by atoms with Crippen LogP contribution in [0.2, 0.25) is 0 Å². The molecule has 144 valence electrons. The Morgan fingerprint density at radius 1 is 1.07 bits per heavy atom. The van der Waals surface area contributed by atoms with Crippen molar-refractivity contribution in [3.8, 4) is 5.75 Å². The Balaban J connectivity index is 1.67. The highest BCUT2D eigenvalue weighted by atomic mass is 16.5. The number of carbonyl (C=O) groups excluding carboxylic acids is 2. The van der Waals surface area contributed by atoms with E-state index in [4.69, 9.17) is 4.74 Å². The zero-order valence-electron chi connectivity index (χ0n) is 15.7. The van der Waals surface area contributed by atoms with Gasteiger partial charge in [-0.05, 0) is 43.5 Å². The SMILES string of the molecule is COc1cccc(NC(=O)c2nc(C(=O)N3CCCCC3)c3ccccn23)c1. The van der Waals surface area contributed by atoms with Crippen LogP contribution in [0, 0.1) is 0 Å². The molecular weight excluding hydrogens is 356 g/mol. The molecule has 0 bridgehead atoms. The summed E-state index contributed by atoms with van der Waals surface area (Å²) in [6.07, 6.45) is 4.89. The van der Waals surface area contributed by atoms with Crippen LogP contribution < -0.4 is 10.1 Å². The summed E-state index contributed by atoms with van der Waals surface area (Å²) in [4.78, 5) is 32.1. The standard InChI is InChI=1S/C21H22N4O3/c1-28-16-9-7-8-15(14-16)22-20(26)19-23-18(17-10-3-6-13-25(17)19)21(27)24-11-4-2-5-12-24/h3,6-10,13-14H,2,4-5,11-12H2,1H3,(H,22,26). The van der Waals surface area contributed by atoms with E-state index in [0.29, 0.717) is 22.6 Å². The molecule has 2 aromatic heterocycles. The van der Waals surface area contributed by atoms with Crippen LogP contribution in [0.25, 0.3) is 5.52 Å². The highest BCUT2D eigenvalue weighted by Crippen LogP contribution is 2.21.